The zero-order chi connectivity index (χ0) is 14.9. The van der Waals surface area contributed by atoms with Gasteiger partial charge in [0.25, 0.3) is 0 Å². The molecule has 2 nitrogen and oxygen atoms in total. The Hall–Kier alpha value is -1.89. The Bertz CT molecular complexity index is 629. The van der Waals surface area contributed by atoms with Crippen molar-refractivity contribution in [3.63, 3.8) is 0 Å². The molecule has 108 valence electrons. The van der Waals surface area contributed by atoms with E-state index in [-0.39, 0.29) is 0 Å². The Morgan fingerprint density at radius 1 is 1.05 bits per heavy atom. The normalized spacial score (nSPS) is 9.81. The summed E-state index contributed by atoms with van der Waals surface area (Å²) in [6.07, 6.45) is 0. The van der Waals surface area contributed by atoms with E-state index in [4.69, 9.17) is 10.5 Å². The van der Waals surface area contributed by atoms with E-state index in [2.05, 4.69) is 48.2 Å². The van der Waals surface area contributed by atoms with Gasteiger partial charge in [-0.1, -0.05) is 48.2 Å². The minimum absolute atomic E-state index is 0.357. The van der Waals surface area contributed by atoms with Crippen LogP contribution in [0.25, 0.3) is 0 Å². The van der Waals surface area contributed by atoms with Crippen molar-refractivity contribution >= 4 is 11.8 Å². The molecule has 0 heterocycles. The summed E-state index contributed by atoms with van der Waals surface area (Å²) in [4.78, 5) is 0. The van der Waals surface area contributed by atoms with Crippen molar-refractivity contribution < 1.29 is 4.74 Å². The molecule has 3 heteroatoms. The van der Waals surface area contributed by atoms with Crippen LogP contribution < -0.4 is 10.5 Å². The van der Waals surface area contributed by atoms with Crippen LogP contribution in [0.15, 0.2) is 48.5 Å². The van der Waals surface area contributed by atoms with Crippen LogP contribution in [0.2, 0.25) is 0 Å². The predicted octanol–water partition coefficient (Wildman–Crippen LogP) is 3.44. The number of rotatable bonds is 5. The minimum Gasteiger partial charge on any atom is -0.495 e. The van der Waals surface area contributed by atoms with Gasteiger partial charge >= 0.3 is 0 Å². The van der Waals surface area contributed by atoms with Crippen LogP contribution in [0.4, 0.5) is 0 Å². The summed E-state index contributed by atoms with van der Waals surface area (Å²) in [6, 6.07) is 16.6. The van der Waals surface area contributed by atoms with Crippen LogP contribution >= 0.6 is 11.8 Å². The zero-order valence-corrected chi connectivity index (χ0v) is 13.0. The van der Waals surface area contributed by atoms with Crippen molar-refractivity contribution in [2.24, 2.45) is 5.73 Å². The molecule has 0 fully saturated rings. The summed E-state index contributed by atoms with van der Waals surface area (Å²) in [7, 11) is 1.66. The number of hydrogen-bond donors (Lipinski definition) is 1. The molecule has 0 aliphatic carbocycles. The van der Waals surface area contributed by atoms with Crippen LogP contribution in [-0.2, 0) is 11.5 Å². The molecular weight excluding hydrogens is 278 g/mol. The molecule has 0 atom stereocenters. The first-order chi connectivity index (χ1) is 10.3. The van der Waals surface area contributed by atoms with Crippen LogP contribution in [0.1, 0.15) is 16.7 Å². The molecule has 0 aliphatic rings. The quantitative estimate of drug-likeness (QED) is 0.859. The van der Waals surface area contributed by atoms with E-state index >= 15 is 0 Å². The average Bonchev–Trinajstić information content (AvgIpc) is 2.54. The lowest BCUT2D eigenvalue weighted by atomic mass is 10.1. The predicted molar refractivity (Wildman–Crippen MR) is 90.4 cm³/mol. The van der Waals surface area contributed by atoms with Gasteiger partial charge in [0.1, 0.15) is 5.75 Å². The maximum Gasteiger partial charge on any atom is 0.134 e. The number of methoxy groups -OCH3 is 1. The molecule has 0 saturated heterocycles. The van der Waals surface area contributed by atoms with Gasteiger partial charge in [0.15, 0.2) is 0 Å². The van der Waals surface area contributed by atoms with Crippen molar-refractivity contribution in [2.45, 2.75) is 11.5 Å². The molecule has 2 rings (SSSR count). The molecule has 2 aromatic carbocycles. The van der Waals surface area contributed by atoms with Gasteiger partial charge in [-0.2, -0.15) is 11.8 Å². The van der Waals surface area contributed by atoms with Crippen molar-refractivity contribution in [2.75, 3.05) is 13.7 Å². The number of thioether (sulfide) groups is 1. The minimum atomic E-state index is 0.357. The molecular formula is C18H19NOS. The number of ether oxygens (including phenoxy) is 1. The number of hydrogen-bond acceptors (Lipinski definition) is 3. The van der Waals surface area contributed by atoms with Gasteiger partial charge in [-0.15, -0.1) is 0 Å². The third-order valence-corrected chi connectivity index (χ3v) is 4.04. The van der Waals surface area contributed by atoms with Crippen LogP contribution in [0.3, 0.4) is 0 Å². The fourth-order valence-corrected chi connectivity index (χ4v) is 2.90. The highest BCUT2D eigenvalue weighted by Gasteiger charge is 2.02. The maximum atomic E-state index is 5.43. The maximum absolute atomic E-state index is 5.43. The van der Waals surface area contributed by atoms with Crippen LogP contribution in [-0.4, -0.2) is 13.7 Å². The van der Waals surface area contributed by atoms with Crippen LogP contribution in [0.5, 0.6) is 5.75 Å². The van der Waals surface area contributed by atoms with Gasteiger partial charge in [-0.05, 0) is 23.3 Å². The van der Waals surface area contributed by atoms with Crippen molar-refractivity contribution in [1.29, 1.82) is 0 Å². The third kappa shape index (κ3) is 4.86. The fourth-order valence-electron chi connectivity index (χ4n) is 1.95. The molecule has 0 aromatic heterocycles. The summed E-state index contributed by atoms with van der Waals surface area (Å²) in [5.74, 6) is 8.71. The first-order valence-corrected chi connectivity index (χ1v) is 7.96. The first-order valence-electron chi connectivity index (χ1n) is 6.81. The van der Waals surface area contributed by atoms with E-state index in [0.717, 1.165) is 22.8 Å². The SMILES string of the molecule is COc1ccc(CSCc2ccccc2)cc1C#CCN. The topological polar surface area (TPSA) is 35.2 Å². The fraction of sp³-hybridized carbons (Fsp3) is 0.222. The molecule has 0 spiro atoms. The van der Waals surface area contributed by atoms with E-state index in [0.29, 0.717) is 6.54 Å². The van der Waals surface area contributed by atoms with Gasteiger partial charge in [0.2, 0.25) is 0 Å². The smallest absolute Gasteiger partial charge is 0.134 e. The summed E-state index contributed by atoms with van der Waals surface area (Å²) < 4.78 is 5.32. The molecule has 21 heavy (non-hydrogen) atoms. The second kappa shape index (κ2) is 8.41. The summed E-state index contributed by atoms with van der Waals surface area (Å²) in [6.45, 7) is 0.357. The summed E-state index contributed by atoms with van der Waals surface area (Å²) >= 11 is 1.89. The van der Waals surface area contributed by atoms with E-state index in [1.807, 2.05) is 23.9 Å². The molecule has 2 aromatic rings. The van der Waals surface area contributed by atoms with Gasteiger partial charge in [-0.25, -0.2) is 0 Å². The zero-order valence-electron chi connectivity index (χ0n) is 12.1. The second-order valence-electron chi connectivity index (χ2n) is 4.52. The molecule has 0 saturated carbocycles. The van der Waals surface area contributed by atoms with Gasteiger partial charge in [-0.3, -0.25) is 0 Å². The Morgan fingerprint density at radius 2 is 1.81 bits per heavy atom. The molecule has 0 bridgehead atoms. The molecule has 0 radical (unpaired) electrons. The van der Waals surface area contributed by atoms with Gasteiger partial charge < -0.3 is 10.5 Å². The van der Waals surface area contributed by atoms with E-state index in [9.17, 15) is 0 Å². The molecule has 2 N–H and O–H groups in total. The molecule has 0 aliphatic heterocycles. The monoisotopic (exact) mass is 297 g/mol. The summed E-state index contributed by atoms with van der Waals surface area (Å²) in [5.41, 5.74) is 8.93. The Morgan fingerprint density at radius 3 is 2.52 bits per heavy atom. The summed E-state index contributed by atoms with van der Waals surface area (Å²) in [5, 5.41) is 0. The van der Waals surface area contributed by atoms with Crippen molar-refractivity contribution in [3.05, 3.63) is 65.2 Å². The van der Waals surface area contributed by atoms with Crippen LogP contribution in [0, 0.1) is 11.8 Å². The Labute approximate surface area is 130 Å². The Kier molecular flexibility index (Phi) is 6.21. The average molecular weight is 297 g/mol. The lowest BCUT2D eigenvalue weighted by molar-refractivity contribution is 0.413. The van der Waals surface area contributed by atoms with E-state index in [1.165, 1.54) is 11.1 Å². The lowest BCUT2D eigenvalue weighted by Gasteiger charge is -2.07. The van der Waals surface area contributed by atoms with Gasteiger partial charge in [0.05, 0.1) is 19.2 Å². The third-order valence-electron chi connectivity index (χ3n) is 2.97. The number of benzene rings is 2. The highest BCUT2D eigenvalue weighted by atomic mass is 32.2. The lowest BCUT2D eigenvalue weighted by Crippen LogP contribution is -1.95. The number of nitrogens with two attached hydrogens (primary N) is 1. The highest BCUT2D eigenvalue weighted by molar-refractivity contribution is 7.97. The van der Waals surface area contributed by atoms with Crippen molar-refractivity contribution in [1.82, 2.24) is 0 Å². The van der Waals surface area contributed by atoms with E-state index in [1.54, 1.807) is 7.11 Å². The standard InChI is InChI=1S/C18H19NOS/c1-20-18-10-9-16(12-17(18)8-5-11-19)14-21-13-15-6-3-2-4-7-15/h2-4,6-7,9-10,12H,11,13-14,19H2,1H3. The molecule has 0 amide bonds. The molecule has 0 unspecified atom stereocenters. The van der Waals surface area contributed by atoms with Gasteiger partial charge in [0, 0.05) is 11.5 Å². The first kappa shape index (κ1) is 15.5. The van der Waals surface area contributed by atoms with E-state index < -0.39 is 0 Å². The van der Waals surface area contributed by atoms with Crippen molar-refractivity contribution in [3.8, 4) is 17.6 Å². The Balaban J connectivity index is 2.00. The highest BCUT2D eigenvalue weighted by Crippen LogP contribution is 2.23. The largest absolute Gasteiger partial charge is 0.495 e. The second-order valence-corrected chi connectivity index (χ2v) is 5.50.